The van der Waals surface area contributed by atoms with Crippen LogP contribution in [0.15, 0.2) is 9.27 Å². The molecule has 1 unspecified atom stereocenters. The second-order valence-electron chi connectivity index (χ2n) is 4.97. The molecular weight excluding hydrogens is 294 g/mol. The van der Waals surface area contributed by atoms with Crippen LogP contribution in [0.4, 0.5) is 0 Å². The third kappa shape index (κ3) is 3.01. The maximum atomic E-state index is 11.9. The fraction of sp³-hybridized carbons (Fsp3) is 0.692. The number of rotatable bonds is 3. The van der Waals surface area contributed by atoms with E-state index in [1.807, 2.05) is 13.8 Å². The molecule has 5 heteroatoms. The van der Waals surface area contributed by atoms with E-state index in [1.165, 1.54) is 19.3 Å². The molecule has 1 N–H and O–H groups in total. The minimum Gasteiger partial charge on any atom is -0.314 e. The number of hydrogen-bond donors (Lipinski definition) is 1. The first-order valence-corrected chi connectivity index (χ1v) is 7.36. The van der Waals surface area contributed by atoms with Crippen LogP contribution >= 0.6 is 15.9 Å². The molecule has 1 atom stereocenters. The van der Waals surface area contributed by atoms with E-state index in [2.05, 4.69) is 26.2 Å². The normalized spacial score (nSPS) is 20.1. The van der Waals surface area contributed by atoms with Crippen LogP contribution in [0.2, 0.25) is 0 Å². The monoisotopic (exact) mass is 313 g/mol. The molecule has 1 fully saturated rings. The summed E-state index contributed by atoms with van der Waals surface area (Å²) in [5, 5.41) is 3.51. The average molecular weight is 314 g/mol. The van der Waals surface area contributed by atoms with E-state index in [1.54, 1.807) is 4.57 Å². The first-order chi connectivity index (χ1) is 8.59. The molecule has 1 aliphatic heterocycles. The van der Waals surface area contributed by atoms with E-state index < -0.39 is 0 Å². The van der Waals surface area contributed by atoms with Crippen LogP contribution in [0.5, 0.6) is 0 Å². The molecule has 0 radical (unpaired) electrons. The van der Waals surface area contributed by atoms with E-state index in [4.69, 9.17) is 0 Å². The van der Waals surface area contributed by atoms with Crippen molar-refractivity contribution >= 4 is 15.9 Å². The molecular formula is C13H20BrN3O. The SMILES string of the molecule is Cc1nc(=O)n(CCC2CCCCN2)c(C)c1Br. The zero-order chi connectivity index (χ0) is 13.1. The predicted molar refractivity (Wildman–Crippen MR) is 75.9 cm³/mol. The highest BCUT2D eigenvalue weighted by Gasteiger charge is 2.14. The van der Waals surface area contributed by atoms with Gasteiger partial charge in [-0.05, 0) is 55.6 Å². The third-order valence-corrected chi connectivity index (χ3v) is 4.80. The van der Waals surface area contributed by atoms with Gasteiger partial charge >= 0.3 is 5.69 Å². The summed E-state index contributed by atoms with van der Waals surface area (Å²) in [7, 11) is 0. The number of hydrogen-bond acceptors (Lipinski definition) is 3. The molecule has 100 valence electrons. The Morgan fingerprint density at radius 1 is 1.44 bits per heavy atom. The van der Waals surface area contributed by atoms with Gasteiger partial charge in [-0.3, -0.25) is 4.57 Å². The van der Waals surface area contributed by atoms with Gasteiger partial charge in [-0.15, -0.1) is 0 Å². The van der Waals surface area contributed by atoms with Crippen LogP contribution in [-0.2, 0) is 6.54 Å². The molecule has 0 saturated carbocycles. The van der Waals surface area contributed by atoms with Crippen LogP contribution in [0.25, 0.3) is 0 Å². The summed E-state index contributed by atoms with van der Waals surface area (Å²) < 4.78 is 2.71. The summed E-state index contributed by atoms with van der Waals surface area (Å²) in [5.74, 6) is 0. The topological polar surface area (TPSA) is 46.9 Å². The lowest BCUT2D eigenvalue weighted by Gasteiger charge is -2.24. The Labute approximate surface area is 116 Å². The highest BCUT2D eigenvalue weighted by molar-refractivity contribution is 9.10. The van der Waals surface area contributed by atoms with Crippen molar-refractivity contribution in [2.45, 2.75) is 52.1 Å². The van der Waals surface area contributed by atoms with Crippen molar-refractivity contribution in [3.05, 3.63) is 26.3 Å². The highest BCUT2D eigenvalue weighted by Crippen LogP contribution is 2.17. The maximum Gasteiger partial charge on any atom is 0.348 e. The lowest BCUT2D eigenvalue weighted by atomic mass is 10.0. The molecule has 0 bridgehead atoms. The minimum atomic E-state index is -0.135. The summed E-state index contributed by atoms with van der Waals surface area (Å²) >= 11 is 3.49. The van der Waals surface area contributed by atoms with Crippen LogP contribution < -0.4 is 11.0 Å². The first-order valence-electron chi connectivity index (χ1n) is 6.56. The van der Waals surface area contributed by atoms with Crippen molar-refractivity contribution < 1.29 is 0 Å². The first kappa shape index (κ1) is 13.7. The fourth-order valence-corrected chi connectivity index (χ4v) is 2.80. The maximum absolute atomic E-state index is 11.9. The zero-order valence-electron chi connectivity index (χ0n) is 11.0. The summed E-state index contributed by atoms with van der Waals surface area (Å²) in [5.41, 5.74) is 1.61. The largest absolute Gasteiger partial charge is 0.348 e. The molecule has 2 heterocycles. The lowest BCUT2D eigenvalue weighted by molar-refractivity contribution is 0.362. The molecule has 1 aliphatic rings. The van der Waals surface area contributed by atoms with Gasteiger partial charge in [0.1, 0.15) is 0 Å². The van der Waals surface area contributed by atoms with Crippen molar-refractivity contribution in [2.75, 3.05) is 6.54 Å². The Kier molecular flexibility index (Phi) is 4.56. The quantitative estimate of drug-likeness (QED) is 0.930. The zero-order valence-corrected chi connectivity index (χ0v) is 12.6. The fourth-order valence-electron chi connectivity index (χ4n) is 2.50. The van der Waals surface area contributed by atoms with Gasteiger partial charge in [0.2, 0.25) is 0 Å². The second kappa shape index (κ2) is 5.97. The summed E-state index contributed by atoms with van der Waals surface area (Å²) in [4.78, 5) is 15.9. The van der Waals surface area contributed by atoms with Crippen LogP contribution in [0.1, 0.15) is 37.1 Å². The van der Waals surface area contributed by atoms with Gasteiger partial charge in [-0.1, -0.05) is 6.42 Å². The average Bonchev–Trinajstić information content (AvgIpc) is 2.37. The summed E-state index contributed by atoms with van der Waals surface area (Å²) in [6.07, 6.45) is 4.78. The molecule has 4 nitrogen and oxygen atoms in total. The lowest BCUT2D eigenvalue weighted by Crippen LogP contribution is -2.36. The number of aryl methyl sites for hydroxylation is 1. The number of halogens is 1. The van der Waals surface area contributed by atoms with E-state index in [0.717, 1.165) is 35.4 Å². The Morgan fingerprint density at radius 3 is 2.89 bits per heavy atom. The van der Waals surface area contributed by atoms with Gasteiger partial charge in [0.05, 0.1) is 10.2 Å². The van der Waals surface area contributed by atoms with Gasteiger partial charge < -0.3 is 5.32 Å². The number of piperidine rings is 1. The van der Waals surface area contributed by atoms with Crippen LogP contribution in [-0.4, -0.2) is 22.1 Å². The van der Waals surface area contributed by atoms with E-state index in [0.29, 0.717) is 6.04 Å². The Bertz CT molecular complexity index is 478. The highest BCUT2D eigenvalue weighted by atomic mass is 79.9. The minimum absolute atomic E-state index is 0.135. The Morgan fingerprint density at radius 2 is 2.22 bits per heavy atom. The van der Waals surface area contributed by atoms with Crippen molar-refractivity contribution in [2.24, 2.45) is 0 Å². The van der Waals surface area contributed by atoms with Crippen LogP contribution in [0, 0.1) is 13.8 Å². The Balaban J connectivity index is 2.09. The van der Waals surface area contributed by atoms with Crippen molar-refractivity contribution in [1.29, 1.82) is 0 Å². The molecule has 0 spiro atoms. The Hall–Kier alpha value is -0.680. The summed E-state index contributed by atoms with van der Waals surface area (Å²) in [6, 6.07) is 0.546. The molecule has 0 amide bonds. The summed E-state index contributed by atoms with van der Waals surface area (Å²) in [6.45, 7) is 5.67. The number of aromatic nitrogens is 2. The molecule has 1 aromatic rings. The second-order valence-corrected chi connectivity index (χ2v) is 5.76. The van der Waals surface area contributed by atoms with Crippen molar-refractivity contribution in [1.82, 2.24) is 14.9 Å². The molecule has 1 aromatic heterocycles. The van der Waals surface area contributed by atoms with E-state index in [-0.39, 0.29) is 5.69 Å². The standard InChI is InChI=1S/C13H20BrN3O/c1-9-12(14)10(2)17(13(18)16-9)8-6-11-5-3-4-7-15-11/h11,15H,3-8H2,1-2H3. The molecule has 2 rings (SSSR count). The molecule has 0 aliphatic carbocycles. The van der Waals surface area contributed by atoms with E-state index >= 15 is 0 Å². The van der Waals surface area contributed by atoms with Crippen molar-refractivity contribution in [3.8, 4) is 0 Å². The predicted octanol–water partition coefficient (Wildman–Crippen LogP) is 2.15. The van der Waals surface area contributed by atoms with Gasteiger partial charge in [-0.2, -0.15) is 4.98 Å². The van der Waals surface area contributed by atoms with Gasteiger partial charge in [-0.25, -0.2) is 4.79 Å². The molecule has 0 aromatic carbocycles. The smallest absolute Gasteiger partial charge is 0.314 e. The third-order valence-electron chi connectivity index (χ3n) is 3.65. The van der Waals surface area contributed by atoms with Gasteiger partial charge in [0, 0.05) is 18.3 Å². The molecule has 1 saturated heterocycles. The van der Waals surface area contributed by atoms with Gasteiger partial charge in [0.25, 0.3) is 0 Å². The van der Waals surface area contributed by atoms with Crippen LogP contribution in [0.3, 0.4) is 0 Å². The van der Waals surface area contributed by atoms with Gasteiger partial charge in [0.15, 0.2) is 0 Å². The van der Waals surface area contributed by atoms with E-state index in [9.17, 15) is 4.79 Å². The van der Waals surface area contributed by atoms with Crippen molar-refractivity contribution in [3.63, 3.8) is 0 Å². The molecule has 18 heavy (non-hydrogen) atoms. The number of nitrogens with zero attached hydrogens (tertiary/aromatic N) is 2. The number of nitrogens with one attached hydrogen (secondary N) is 1.